The number of aromatic nitrogens is 4. The van der Waals surface area contributed by atoms with Gasteiger partial charge in [0, 0.05) is 36.9 Å². The van der Waals surface area contributed by atoms with Crippen molar-refractivity contribution in [2.24, 2.45) is 0 Å². The van der Waals surface area contributed by atoms with Crippen LogP contribution in [0.1, 0.15) is 16.1 Å². The molecule has 0 fully saturated rings. The third kappa shape index (κ3) is 3.78. The van der Waals surface area contributed by atoms with Gasteiger partial charge in [-0.25, -0.2) is 9.07 Å². The van der Waals surface area contributed by atoms with E-state index in [0.29, 0.717) is 17.9 Å². The van der Waals surface area contributed by atoms with Crippen LogP contribution in [0.15, 0.2) is 79.4 Å². The lowest BCUT2D eigenvalue weighted by molar-refractivity contribution is 0.0945. The van der Waals surface area contributed by atoms with Crippen LogP contribution in [-0.2, 0) is 6.54 Å². The number of hydrogen-bond acceptors (Lipinski definition) is 4. The van der Waals surface area contributed by atoms with Gasteiger partial charge in [-0.2, -0.15) is 5.10 Å². The van der Waals surface area contributed by atoms with Crippen molar-refractivity contribution in [2.75, 3.05) is 0 Å². The minimum Gasteiger partial charge on any atom is -0.347 e. The first kappa shape index (κ1) is 17.5. The number of nitrogens with one attached hydrogen (secondary N) is 1. The molecule has 0 spiro atoms. The van der Waals surface area contributed by atoms with E-state index in [-0.39, 0.29) is 17.4 Å². The summed E-state index contributed by atoms with van der Waals surface area (Å²) in [7, 11) is 0. The Bertz CT molecular complexity index is 1080. The zero-order chi connectivity index (χ0) is 19.3. The van der Waals surface area contributed by atoms with E-state index in [9.17, 15) is 9.18 Å². The molecule has 0 unspecified atom stereocenters. The maximum atomic E-state index is 13.3. The maximum Gasteiger partial charge on any atom is 0.272 e. The number of pyridine rings is 2. The Labute approximate surface area is 160 Å². The number of benzene rings is 1. The van der Waals surface area contributed by atoms with E-state index in [1.54, 1.807) is 53.7 Å². The molecule has 1 amide bonds. The zero-order valence-electron chi connectivity index (χ0n) is 14.8. The van der Waals surface area contributed by atoms with Crippen LogP contribution >= 0.6 is 0 Å². The molecule has 0 aliphatic heterocycles. The predicted molar refractivity (Wildman–Crippen MR) is 102 cm³/mol. The van der Waals surface area contributed by atoms with Crippen molar-refractivity contribution in [3.8, 4) is 16.9 Å². The van der Waals surface area contributed by atoms with E-state index < -0.39 is 0 Å². The van der Waals surface area contributed by atoms with Gasteiger partial charge in [0.05, 0.1) is 11.4 Å². The summed E-state index contributed by atoms with van der Waals surface area (Å²) in [5.41, 5.74) is 3.27. The second-order valence-electron chi connectivity index (χ2n) is 6.09. The monoisotopic (exact) mass is 373 g/mol. The minimum absolute atomic E-state index is 0.257. The lowest BCUT2D eigenvalue weighted by Gasteiger charge is -2.07. The standard InChI is InChI=1S/C21H16FN5O/c22-17-5-7-18(8-6-17)27-20(16-4-2-10-24-14-16)11-19(26-27)21(28)25-13-15-3-1-9-23-12-15/h1-12,14H,13H2,(H,25,28). The van der Waals surface area contributed by atoms with Crippen molar-refractivity contribution in [3.63, 3.8) is 0 Å². The largest absolute Gasteiger partial charge is 0.347 e. The average Bonchev–Trinajstić information content (AvgIpc) is 3.19. The smallest absolute Gasteiger partial charge is 0.272 e. The Kier molecular flexibility index (Phi) is 4.88. The number of nitrogens with zero attached hydrogens (tertiary/aromatic N) is 4. The summed E-state index contributed by atoms with van der Waals surface area (Å²) in [6.45, 7) is 0.346. The normalized spacial score (nSPS) is 10.6. The molecule has 4 rings (SSSR count). The Morgan fingerprint density at radius 3 is 2.43 bits per heavy atom. The summed E-state index contributed by atoms with van der Waals surface area (Å²) >= 11 is 0. The molecule has 0 bridgehead atoms. The van der Waals surface area contributed by atoms with Crippen molar-refractivity contribution in [1.82, 2.24) is 25.1 Å². The Morgan fingerprint density at radius 2 is 1.75 bits per heavy atom. The summed E-state index contributed by atoms with van der Waals surface area (Å²) in [6, 6.07) is 15.0. The van der Waals surface area contributed by atoms with E-state index in [2.05, 4.69) is 20.4 Å². The van der Waals surface area contributed by atoms with Gasteiger partial charge in [-0.3, -0.25) is 14.8 Å². The number of hydrogen-bond donors (Lipinski definition) is 1. The van der Waals surface area contributed by atoms with Gasteiger partial charge in [0.15, 0.2) is 5.69 Å². The maximum absolute atomic E-state index is 13.3. The van der Waals surface area contributed by atoms with Crippen LogP contribution < -0.4 is 5.32 Å². The van der Waals surface area contributed by atoms with Gasteiger partial charge in [-0.05, 0) is 54.1 Å². The van der Waals surface area contributed by atoms with Gasteiger partial charge in [0.2, 0.25) is 0 Å². The highest BCUT2D eigenvalue weighted by atomic mass is 19.1. The molecule has 4 aromatic rings. The highest BCUT2D eigenvalue weighted by Crippen LogP contribution is 2.23. The van der Waals surface area contributed by atoms with E-state index in [1.807, 2.05) is 18.2 Å². The molecule has 1 aromatic carbocycles. The quantitative estimate of drug-likeness (QED) is 0.582. The molecule has 7 heteroatoms. The summed E-state index contributed by atoms with van der Waals surface area (Å²) in [6.07, 6.45) is 6.73. The summed E-state index contributed by atoms with van der Waals surface area (Å²) in [4.78, 5) is 20.8. The fourth-order valence-electron chi connectivity index (χ4n) is 2.77. The molecule has 0 atom stereocenters. The zero-order valence-corrected chi connectivity index (χ0v) is 14.8. The fourth-order valence-corrected chi connectivity index (χ4v) is 2.77. The van der Waals surface area contributed by atoms with Crippen LogP contribution in [0.5, 0.6) is 0 Å². The SMILES string of the molecule is O=C(NCc1cccnc1)c1cc(-c2cccnc2)n(-c2ccc(F)cc2)n1. The topological polar surface area (TPSA) is 72.7 Å². The van der Waals surface area contributed by atoms with Gasteiger partial charge in [0.25, 0.3) is 5.91 Å². The van der Waals surface area contributed by atoms with Gasteiger partial charge < -0.3 is 5.32 Å². The van der Waals surface area contributed by atoms with Gasteiger partial charge in [-0.1, -0.05) is 6.07 Å². The molecule has 3 aromatic heterocycles. The Hall–Kier alpha value is -3.87. The molecule has 6 nitrogen and oxygen atoms in total. The lowest BCUT2D eigenvalue weighted by Crippen LogP contribution is -2.23. The molecule has 0 saturated carbocycles. The first-order valence-electron chi connectivity index (χ1n) is 8.64. The van der Waals surface area contributed by atoms with E-state index in [4.69, 9.17) is 0 Å². The molecular weight excluding hydrogens is 357 g/mol. The minimum atomic E-state index is -0.340. The van der Waals surface area contributed by atoms with E-state index in [0.717, 1.165) is 11.1 Å². The van der Waals surface area contributed by atoms with Crippen LogP contribution in [0.2, 0.25) is 0 Å². The van der Waals surface area contributed by atoms with E-state index in [1.165, 1.54) is 12.1 Å². The van der Waals surface area contributed by atoms with Crippen molar-refractivity contribution >= 4 is 5.91 Å². The second-order valence-corrected chi connectivity index (χ2v) is 6.09. The first-order valence-corrected chi connectivity index (χ1v) is 8.64. The molecule has 0 radical (unpaired) electrons. The van der Waals surface area contributed by atoms with Crippen LogP contribution in [0.4, 0.5) is 4.39 Å². The Balaban J connectivity index is 1.66. The average molecular weight is 373 g/mol. The van der Waals surface area contributed by atoms with Crippen molar-refractivity contribution < 1.29 is 9.18 Å². The molecular formula is C21H16FN5O. The number of halogens is 1. The number of carbonyl (C=O) groups is 1. The molecule has 138 valence electrons. The molecule has 0 aliphatic rings. The van der Waals surface area contributed by atoms with Crippen LogP contribution in [0.3, 0.4) is 0 Å². The first-order chi connectivity index (χ1) is 13.7. The van der Waals surface area contributed by atoms with Crippen molar-refractivity contribution in [1.29, 1.82) is 0 Å². The lowest BCUT2D eigenvalue weighted by atomic mass is 10.2. The van der Waals surface area contributed by atoms with E-state index >= 15 is 0 Å². The van der Waals surface area contributed by atoms with Gasteiger partial charge in [-0.15, -0.1) is 0 Å². The summed E-state index contributed by atoms with van der Waals surface area (Å²) in [5, 5.41) is 7.27. The third-order valence-corrected chi connectivity index (χ3v) is 4.15. The highest BCUT2D eigenvalue weighted by Gasteiger charge is 2.17. The second kappa shape index (κ2) is 7.79. The van der Waals surface area contributed by atoms with Crippen LogP contribution in [0.25, 0.3) is 16.9 Å². The summed E-state index contributed by atoms with van der Waals surface area (Å²) < 4.78 is 14.9. The molecule has 0 saturated heterocycles. The van der Waals surface area contributed by atoms with Crippen molar-refractivity contribution in [3.05, 3.63) is 96.5 Å². The summed E-state index contributed by atoms with van der Waals surface area (Å²) in [5.74, 6) is -0.650. The third-order valence-electron chi connectivity index (χ3n) is 4.15. The highest BCUT2D eigenvalue weighted by molar-refractivity contribution is 5.93. The van der Waals surface area contributed by atoms with Gasteiger partial charge >= 0.3 is 0 Å². The number of rotatable bonds is 5. The predicted octanol–water partition coefficient (Wildman–Crippen LogP) is 3.40. The fraction of sp³-hybridized carbons (Fsp3) is 0.0476. The van der Waals surface area contributed by atoms with Crippen LogP contribution in [-0.4, -0.2) is 25.7 Å². The Morgan fingerprint density at radius 1 is 1.00 bits per heavy atom. The number of carbonyl (C=O) groups excluding carboxylic acids is 1. The number of amides is 1. The molecule has 1 N–H and O–H groups in total. The molecule has 28 heavy (non-hydrogen) atoms. The van der Waals surface area contributed by atoms with Crippen molar-refractivity contribution in [2.45, 2.75) is 6.54 Å². The molecule has 0 aliphatic carbocycles. The van der Waals surface area contributed by atoms with Crippen LogP contribution in [0, 0.1) is 5.82 Å². The molecule has 3 heterocycles. The van der Waals surface area contributed by atoms with Gasteiger partial charge in [0.1, 0.15) is 5.82 Å².